The lowest BCUT2D eigenvalue weighted by molar-refractivity contribution is -0.137. The Hall–Kier alpha value is -1.74. The Morgan fingerprint density at radius 3 is 2.75 bits per heavy atom. The van der Waals surface area contributed by atoms with Gasteiger partial charge in [-0.2, -0.15) is 0 Å². The Morgan fingerprint density at radius 1 is 1.38 bits per heavy atom. The molecule has 0 aliphatic rings. The molecule has 0 spiro atoms. The number of nitrogens with zero attached hydrogens (tertiary/aromatic N) is 1. The molecule has 0 radical (unpaired) electrons. The first kappa shape index (κ1) is 18.6. The van der Waals surface area contributed by atoms with Crippen molar-refractivity contribution in [2.75, 3.05) is 6.61 Å². The molecular weight excluding hydrogens is 425 g/mol. The Kier molecular flexibility index (Phi) is 7.38. The zero-order valence-electron chi connectivity index (χ0n) is 13.0. The number of carbonyl (C=O) groups excluding carboxylic acids is 1. The SMILES string of the molecule is O=Cc1noc(C(CCCOCc2ccccc2)CC(=O)O)c1I. The molecule has 6 nitrogen and oxygen atoms in total. The Labute approximate surface area is 153 Å². The molecule has 0 bridgehead atoms. The summed E-state index contributed by atoms with van der Waals surface area (Å²) in [5.74, 6) is -0.774. The minimum atomic E-state index is -0.912. The van der Waals surface area contributed by atoms with Crippen LogP contribution in [0.1, 0.15) is 47.0 Å². The molecule has 1 N–H and O–H groups in total. The lowest BCUT2D eigenvalue weighted by atomic mass is 9.96. The van der Waals surface area contributed by atoms with Crippen LogP contribution in [0, 0.1) is 3.57 Å². The van der Waals surface area contributed by atoms with Crippen LogP contribution < -0.4 is 0 Å². The number of ether oxygens (including phenoxy) is 1. The maximum Gasteiger partial charge on any atom is 0.304 e. The molecule has 1 unspecified atom stereocenters. The number of rotatable bonds is 10. The highest BCUT2D eigenvalue weighted by atomic mass is 127. The van der Waals surface area contributed by atoms with Crippen molar-refractivity contribution in [3.8, 4) is 0 Å². The molecule has 0 aliphatic heterocycles. The second-order valence-electron chi connectivity index (χ2n) is 5.34. The summed E-state index contributed by atoms with van der Waals surface area (Å²) in [6.45, 7) is 1.05. The predicted molar refractivity (Wildman–Crippen MR) is 94.9 cm³/mol. The normalized spacial score (nSPS) is 12.0. The van der Waals surface area contributed by atoms with Crippen LogP contribution in [0.4, 0.5) is 0 Å². The fourth-order valence-corrected chi connectivity index (χ4v) is 3.13. The Balaban J connectivity index is 1.86. The third-order valence-corrected chi connectivity index (χ3v) is 4.62. The number of hydrogen-bond donors (Lipinski definition) is 1. The van der Waals surface area contributed by atoms with E-state index in [-0.39, 0.29) is 18.0 Å². The van der Waals surface area contributed by atoms with Gasteiger partial charge in [0.1, 0.15) is 0 Å². The number of carbonyl (C=O) groups is 2. The first-order valence-electron chi connectivity index (χ1n) is 7.55. The zero-order valence-corrected chi connectivity index (χ0v) is 15.1. The van der Waals surface area contributed by atoms with Gasteiger partial charge in [0.15, 0.2) is 17.7 Å². The van der Waals surface area contributed by atoms with E-state index in [9.17, 15) is 9.59 Å². The van der Waals surface area contributed by atoms with Gasteiger partial charge in [-0.05, 0) is 41.0 Å². The largest absolute Gasteiger partial charge is 0.481 e. The van der Waals surface area contributed by atoms with Gasteiger partial charge in [-0.1, -0.05) is 35.5 Å². The van der Waals surface area contributed by atoms with Crippen LogP contribution in [0.3, 0.4) is 0 Å². The summed E-state index contributed by atoms with van der Waals surface area (Å²) in [5, 5.41) is 12.8. The van der Waals surface area contributed by atoms with Crippen LogP contribution in [-0.2, 0) is 16.1 Å². The van der Waals surface area contributed by atoms with Crippen LogP contribution >= 0.6 is 22.6 Å². The van der Waals surface area contributed by atoms with E-state index in [2.05, 4.69) is 5.16 Å². The van der Waals surface area contributed by atoms with Crippen molar-refractivity contribution in [2.45, 2.75) is 31.8 Å². The molecule has 2 rings (SSSR count). The smallest absolute Gasteiger partial charge is 0.304 e. The van der Waals surface area contributed by atoms with Gasteiger partial charge >= 0.3 is 5.97 Å². The van der Waals surface area contributed by atoms with Gasteiger partial charge in [-0.3, -0.25) is 9.59 Å². The van der Waals surface area contributed by atoms with Crippen LogP contribution in [0.2, 0.25) is 0 Å². The first-order chi connectivity index (χ1) is 11.6. The predicted octanol–water partition coefficient (Wildman–Crippen LogP) is 3.65. The molecular formula is C17H18INO5. The van der Waals surface area contributed by atoms with E-state index >= 15 is 0 Å². The fourth-order valence-electron chi connectivity index (χ4n) is 2.36. The molecule has 0 aliphatic carbocycles. The summed E-state index contributed by atoms with van der Waals surface area (Å²) in [6.07, 6.45) is 1.82. The quantitative estimate of drug-likeness (QED) is 0.343. The molecule has 1 aromatic heterocycles. The average Bonchev–Trinajstić information content (AvgIpc) is 2.95. The molecule has 7 heteroatoms. The van der Waals surface area contributed by atoms with E-state index in [1.807, 2.05) is 52.9 Å². The molecule has 0 saturated carbocycles. The molecule has 0 fully saturated rings. The van der Waals surface area contributed by atoms with Crippen LogP contribution in [0.5, 0.6) is 0 Å². The number of halogens is 1. The number of carboxylic acid groups (broad SMARTS) is 1. The summed E-state index contributed by atoms with van der Waals surface area (Å²) < 4.78 is 11.4. The molecule has 1 aromatic carbocycles. The van der Waals surface area contributed by atoms with Crippen molar-refractivity contribution in [2.24, 2.45) is 0 Å². The summed E-state index contributed by atoms with van der Waals surface area (Å²) >= 11 is 1.96. The molecule has 128 valence electrons. The molecule has 24 heavy (non-hydrogen) atoms. The van der Waals surface area contributed by atoms with Gasteiger partial charge in [0.2, 0.25) is 0 Å². The Bertz CT molecular complexity index is 671. The van der Waals surface area contributed by atoms with E-state index < -0.39 is 5.97 Å². The van der Waals surface area contributed by atoms with Crippen molar-refractivity contribution < 1.29 is 24.0 Å². The second kappa shape index (κ2) is 9.53. The van der Waals surface area contributed by atoms with Gasteiger partial charge in [0.25, 0.3) is 0 Å². The van der Waals surface area contributed by atoms with Crippen molar-refractivity contribution in [1.29, 1.82) is 0 Å². The van der Waals surface area contributed by atoms with Gasteiger partial charge in [-0.25, -0.2) is 0 Å². The number of hydrogen-bond acceptors (Lipinski definition) is 5. The number of aliphatic carboxylic acids is 1. The summed E-state index contributed by atoms with van der Waals surface area (Å²) in [7, 11) is 0. The lowest BCUT2D eigenvalue weighted by Crippen LogP contribution is -2.08. The monoisotopic (exact) mass is 443 g/mol. The van der Waals surface area contributed by atoms with Crippen molar-refractivity contribution in [1.82, 2.24) is 5.16 Å². The zero-order chi connectivity index (χ0) is 17.4. The van der Waals surface area contributed by atoms with E-state index in [0.717, 1.165) is 5.56 Å². The second-order valence-corrected chi connectivity index (χ2v) is 6.42. The molecule has 0 amide bonds. The highest BCUT2D eigenvalue weighted by Crippen LogP contribution is 2.30. The molecule has 2 aromatic rings. The van der Waals surface area contributed by atoms with Gasteiger partial charge < -0.3 is 14.4 Å². The van der Waals surface area contributed by atoms with Crippen LogP contribution in [0.25, 0.3) is 0 Å². The fraction of sp³-hybridized carbons (Fsp3) is 0.353. The van der Waals surface area contributed by atoms with E-state index in [4.69, 9.17) is 14.4 Å². The number of aldehydes is 1. The lowest BCUT2D eigenvalue weighted by Gasteiger charge is -2.12. The van der Waals surface area contributed by atoms with Crippen molar-refractivity contribution in [3.05, 3.63) is 50.9 Å². The van der Waals surface area contributed by atoms with Gasteiger partial charge in [-0.15, -0.1) is 0 Å². The summed E-state index contributed by atoms with van der Waals surface area (Å²) in [4.78, 5) is 21.9. The standard InChI is InChI=1S/C17H18INO5/c18-16-14(10-20)19-24-17(16)13(9-15(21)22)7-4-8-23-11-12-5-2-1-3-6-12/h1-3,5-6,10,13H,4,7-9,11H2,(H,21,22). The molecule has 0 saturated heterocycles. The van der Waals surface area contributed by atoms with Crippen molar-refractivity contribution in [3.63, 3.8) is 0 Å². The van der Waals surface area contributed by atoms with Crippen molar-refractivity contribution >= 4 is 34.8 Å². The summed E-state index contributed by atoms with van der Waals surface area (Å²) in [6, 6.07) is 9.85. The molecule has 1 atom stereocenters. The van der Waals surface area contributed by atoms with Gasteiger partial charge in [0.05, 0.1) is 16.6 Å². The third-order valence-electron chi connectivity index (χ3n) is 3.54. The maximum absolute atomic E-state index is 11.1. The number of benzene rings is 1. The highest BCUT2D eigenvalue weighted by Gasteiger charge is 2.24. The Morgan fingerprint density at radius 2 is 2.12 bits per heavy atom. The van der Waals surface area contributed by atoms with Gasteiger partial charge in [0, 0.05) is 12.5 Å². The van der Waals surface area contributed by atoms with Crippen LogP contribution in [0.15, 0.2) is 34.9 Å². The van der Waals surface area contributed by atoms with E-state index in [1.54, 1.807) is 0 Å². The third kappa shape index (κ3) is 5.41. The topological polar surface area (TPSA) is 89.6 Å². The minimum Gasteiger partial charge on any atom is -0.481 e. The van der Waals surface area contributed by atoms with E-state index in [1.165, 1.54) is 0 Å². The first-order valence-corrected chi connectivity index (χ1v) is 8.63. The highest BCUT2D eigenvalue weighted by molar-refractivity contribution is 14.1. The minimum absolute atomic E-state index is 0.0673. The number of carboxylic acids is 1. The van der Waals surface area contributed by atoms with Crippen LogP contribution in [-0.4, -0.2) is 29.1 Å². The number of aromatic nitrogens is 1. The molecule has 1 heterocycles. The van der Waals surface area contributed by atoms with E-state index in [0.29, 0.717) is 41.7 Å². The summed E-state index contributed by atoms with van der Waals surface area (Å²) in [5.41, 5.74) is 1.31. The maximum atomic E-state index is 11.1. The average molecular weight is 443 g/mol.